The highest BCUT2D eigenvalue weighted by Crippen LogP contribution is 2.17. The second kappa shape index (κ2) is 7.93. The number of para-hydroxylation sites is 1. The zero-order valence-electron chi connectivity index (χ0n) is 14.8. The summed E-state index contributed by atoms with van der Waals surface area (Å²) in [5.41, 5.74) is 2.52. The van der Waals surface area contributed by atoms with Gasteiger partial charge in [-0.1, -0.05) is 30.3 Å². The number of rotatable bonds is 6. The minimum absolute atomic E-state index is 0.152. The molecule has 0 spiro atoms. The van der Waals surface area contributed by atoms with Crippen LogP contribution in [0.3, 0.4) is 0 Å². The molecule has 1 amide bonds. The summed E-state index contributed by atoms with van der Waals surface area (Å²) in [4.78, 5) is 14.2. The number of anilines is 1. The summed E-state index contributed by atoms with van der Waals surface area (Å²) >= 11 is 0. The topological polar surface area (TPSA) is 50.2 Å². The number of halogens is 1. The van der Waals surface area contributed by atoms with Gasteiger partial charge in [0.05, 0.1) is 17.9 Å². The first kappa shape index (κ1) is 17.8. The van der Waals surface area contributed by atoms with Gasteiger partial charge in [0, 0.05) is 12.6 Å². The van der Waals surface area contributed by atoms with E-state index in [1.165, 1.54) is 12.1 Å². The van der Waals surface area contributed by atoms with Crippen molar-refractivity contribution in [1.29, 1.82) is 0 Å². The van der Waals surface area contributed by atoms with Crippen molar-refractivity contribution < 1.29 is 9.18 Å². The predicted molar refractivity (Wildman–Crippen MR) is 99.7 cm³/mol. The Morgan fingerprint density at radius 1 is 1.15 bits per heavy atom. The van der Waals surface area contributed by atoms with Crippen LogP contribution in [0.5, 0.6) is 0 Å². The SMILES string of the molecule is Cc1cc(NC(=O)CN(C)Cc2cccc(F)c2)n(-c2ccccc2)n1. The van der Waals surface area contributed by atoms with Gasteiger partial charge in [-0.15, -0.1) is 0 Å². The van der Waals surface area contributed by atoms with Crippen molar-refractivity contribution in [2.75, 3.05) is 18.9 Å². The molecule has 0 fully saturated rings. The zero-order chi connectivity index (χ0) is 18.5. The number of likely N-dealkylation sites (N-methyl/N-ethyl adjacent to an activating group) is 1. The van der Waals surface area contributed by atoms with Crippen molar-refractivity contribution in [2.45, 2.75) is 13.5 Å². The molecule has 3 aromatic rings. The summed E-state index contributed by atoms with van der Waals surface area (Å²) in [6, 6.07) is 17.8. The predicted octanol–water partition coefficient (Wildman–Crippen LogP) is 3.39. The van der Waals surface area contributed by atoms with Crippen LogP contribution in [0.25, 0.3) is 5.69 Å². The molecule has 5 nitrogen and oxygen atoms in total. The van der Waals surface area contributed by atoms with Gasteiger partial charge in [-0.2, -0.15) is 5.10 Å². The molecule has 0 unspecified atom stereocenters. The van der Waals surface area contributed by atoms with E-state index in [0.29, 0.717) is 12.4 Å². The van der Waals surface area contributed by atoms with Gasteiger partial charge in [-0.05, 0) is 43.8 Å². The van der Waals surface area contributed by atoms with E-state index in [2.05, 4.69) is 10.4 Å². The molecule has 1 N–H and O–H groups in total. The number of amides is 1. The molecule has 0 aliphatic heterocycles. The van der Waals surface area contributed by atoms with Gasteiger partial charge in [0.25, 0.3) is 0 Å². The summed E-state index contributed by atoms with van der Waals surface area (Å²) in [7, 11) is 1.82. The van der Waals surface area contributed by atoms with Crippen LogP contribution >= 0.6 is 0 Å². The van der Waals surface area contributed by atoms with E-state index in [9.17, 15) is 9.18 Å². The maximum atomic E-state index is 13.3. The second-order valence-electron chi connectivity index (χ2n) is 6.27. The van der Waals surface area contributed by atoms with Crippen molar-refractivity contribution in [3.8, 4) is 5.69 Å². The molecule has 3 rings (SSSR count). The fourth-order valence-electron chi connectivity index (χ4n) is 2.78. The molecule has 0 aliphatic carbocycles. The van der Waals surface area contributed by atoms with Gasteiger partial charge in [-0.25, -0.2) is 9.07 Å². The van der Waals surface area contributed by atoms with E-state index in [1.807, 2.05) is 61.3 Å². The number of aryl methyl sites for hydroxylation is 1. The fourth-order valence-corrected chi connectivity index (χ4v) is 2.78. The van der Waals surface area contributed by atoms with Gasteiger partial charge < -0.3 is 5.32 Å². The number of nitrogens with one attached hydrogen (secondary N) is 1. The standard InChI is InChI=1S/C20H21FN4O/c1-15-11-19(25(23-15)18-9-4-3-5-10-18)22-20(26)14-24(2)13-16-7-6-8-17(21)12-16/h3-12H,13-14H2,1-2H3,(H,22,26). The first-order valence-electron chi connectivity index (χ1n) is 8.36. The highest BCUT2D eigenvalue weighted by atomic mass is 19.1. The minimum Gasteiger partial charge on any atom is -0.309 e. The maximum Gasteiger partial charge on any atom is 0.239 e. The van der Waals surface area contributed by atoms with E-state index in [0.717, 1.165) is 16.9 Å². The Hall–Kier alpha value is -2.99. The van der Waals surface area contributed by atoms with Gasteiger partial charge in [0.1, 0.15) is 11.6 Å². The van der Waals surface area contributed by atoms with E-state index < -0.39 is 0 Å². The average molecular weight is 352 g/mol. The number of hydrogen-bond acceptors (Lipinski definition) is 3. The van der Waals surface area contributed by atoms with E-state index in [-0.39, 0.29) is 18.3 Å². The molecule has 0 bridgehead atoms. The monoisotopic (exact) mass is 352 g/mol. The summed E-state index contributed by atoms with van der Waals surface area (Å²) < 4.78 is 15.0. The van der Waals surface area contributed by atoms with E-state index >= 15 is 0 Å². The summed E-state index contributed by atoms with van der Waals surface area (Å²) in [5, 5.41) is 7.34. The first-order chi connectivity index (χ1) is 12.5. The van der Waals surface area contributed by atoms with Crippen molar-refractivity contribution >= 4 is 11.7 Å². The van der Waals surface area contributed by atoms with Gasteiger partial charge in [0.15, 0.2) is 0 Å². The summed E-state index contributed by atoms with van der Waals surface area (Å²) in [6.45, 7) is 2.56. The van der Waals surface area contributed by atoms with Crippen LogP contribution < -0.4 is 5.32 Å². The Bertz CT molecular complexity index is 892. The quantitative estimate of drug-likeness (QED) is 0.740. The minimum atomic E-state index is -0.275. The van der Waals surface area contributed by atoms with Gasteiger partial charge in [-0.3, -0.25) is 9.69 Å². The first-order valence-corrected chi connectivity index (χ1v) is 8.36. The van der Waals surface area contributed by atoms with Crippen LogP contribution in [0.1, 0.15) is 11.3 Å². The molecule has 0 saturated heterocycles. The number of nitrogens with zero attached hydrogens (tertiary/aromatic N) is 3. The molecule has 2 aromatic carbocycles. The Morgan fingerprint density at radius 3 is 2.65 bits per heavy atom. The number of aromatic nitrogens is 2. The molecule has 1 heterocycles. The van der Waals surface area contributed by atoms with E-state index in [1.54, 1.807) is 10.7 Å². The maximum absolute atomic E-state index is 13.3. The molecule has 0 aliphatic rings. The van der Waals surface area contributed by atoms with Crippen LogP contribution in [0.2, 0.25) is 0 Å². The molecule has 134 valence electrons. The number of carbonyl (C=O) groups excluding carboxylic acids is 1. The summed E-state index contributed by atoms with van der Waals surface area (Å²) in [6.07, 6.45) is 0. The second-order valence-corrected chi connectivity index (χ2v) is 6.27. The molecule has 26 heavy (non-hydrogen) atoms. The Labute approximate surface area is 152 Å². The number of hydrogen-bond donors (Lipinski definition) is 1. The van der Waals surface area contributed by atoms with Crippen LogP contribution in [-0.4, -0.2) is 34.2 Å². The van der Waals surface area contributed by atoms with Gasteiger partial charge in [0.2, 0.25) is 5.91 Å². The Balaban J connectivity index is 1.65. The van der Waals surface area contributed by atoms with Crippen molar-refractivity contribution in [1.82, 2.24) is 14.7 Å². The lowest BCUT2D eigenvalue weighted by Gasteiger charge is -2.16. The third kappa shape index (κ3) is 4.55. The highest BCUT2D eigenvalue weighted by molar-refractivity contribution is 5.91. The summed E-state index contributed by atoms with van der Waals surface area (Å²) in [5.74, 6) is 0.196. The fraction of sp³-hybridized carbons (Fsp3) is 0.200. The van der Waals surface area contributed by atoms with Crippen LogP contribution in [-0.2, 0) is 11.3 Å². The van der Waals surface area contributed by atoms with Crippen molar-refractivity contribution in [2.24, 2.45) is 0 Å². The van der Waals surface area contributed by atoms with Gasteiger partial charge >= 0.3 is 0 Å². The molecular weight excluding hydrogens is 331 g/mol. The third-order valence-corrected chi connectivity index (χ3v) is 3.85. The molecule has 0 radical (unpaired) electrons. The van der Waals surface area contributed by atoms with Crippen LogP contribution in [0.15, 0.2) is 60.7 Å². The smallest absolute Gasteiger partial charge is 0.239 e. The third-order valence-electron chi connectivity index (χ3n) is 3.85. The van der Waals surface area contributed by atoms with Crippen molar-refractivity contribution in [3.05, 3.63) is 77.7 Å². The molecule has 1 aromatic heterocycles. The molecule has 6 heteroatoms. The number of carbonyl (C=O) groups is 1. The van der Waals surface area contributed by atoms with Crippen LogP contribution in [0.4, 0.5) is 10.2 Å². The lowest BCUT2D eigenvalue weighted by molar-refractivity contribution is -0.117. The Morgan fingerprint density at radius 2 is 1.92 bits per heavy atom. The lowest BCUT2D eigenvalue weighted by Crippen LogP contribution is -2.30. The van der Waals surface area contributed by atoms with Crippen molar-refractivity contribution in [3.63, 3.8) is 0 Å². The highest BCUT2D eigenvalue weighted by Gasteiger charge is 2.13. The molecular formula is C20H21FN4O. The van der Waals surface area contributed by atoms with E-state index in [4.69, 9.17) is 0 Å². The normalized spacial score (nSPS) is 10.9. The zero-order valence-corrected chi connectivity index (χ0v) is 14.8. The lowest BCUT2D eigenvalue weighted by atomic mass is 10.2. The molecule has 0 atom stereocenters. The number of benzene rings is 2. The average Bonchev–Trinajstić information content (AvgIpc) is 2.95. The molecule has 0 saturated carbocycles. The Kier molecular flexibility index (Phi) is 5.43. The van der Waals surface area contributed by atoms with Crippen LogP contribution in [0, 0.1) is 12.7 Å². The largest absolute Gasteiger partial charge is 0.309 e.